The predicted molar refractivity (Wildman–Crippen MR) is 97.1 cm³/mol. The van der Waals surface area contributed by atoms with E-state index in [0.29, 0.717) is 6.42 Å². The molecule has 0 N–H and O–H groups in total. The molecule has 126 valence electrons. The van der Waals surface area contributed by atoms with Gasteiger partial charge in [0.05, 0.1) is 6.10 Å². The molecule has 0 heterocycles. The molecule has 0 saturated carbocycles. The Morgan fingerprint density at radius 1 is 1.21 bits per heavy atom. The van der Waals surface area contributed by atoms with Gasteiger partial charge in [-0.1, -0.05) is 43.7 Å². The van der Waals surface area contributed by atoms with Crippen LogP contribution in [-0.4, -0.2) is 12.1 Å². The van der Waals surface area contributed by atoms with Crippen LogP contribution >= 0.6 is 0 Å². The largest absolute Gasteiger partial charge is 0.490 e. The van der Waals surface area contributed by atoms with Gasteiger partial charge in [0.15, 0.2) is 0 Å². The third kappa shape index (κ3) is 3.30. The third-order valence-corrected chi connectivity index (χ3v) is 4.18. The van der Waals surface area contributed by atoms with Crippen LogP contribution in [0.25, 0.3) is 16.8 Å². The van der Waals surface area contributed by atoms with E-state index in [1.54, 1.807) is 0 Å². The van der Waals surface area contributed by atoms with Crippen molar-refractivity contribution in [2.45, 2.75) is 52.2 Å². The molecule has 0 aliphatic heterocycles. The van der Waals surface area contributed by atoms with Crippen molar-refractivity contribution < 1.29 is 14.3 Å². The summed E-state index contributed by atoms with van der Waals surface area (Å²) in [7, 11) is 0. The zero-order valence-corrected chi connectivity index (χ0v) is 14.5. The molecule has 0 bridgehead atoms. The van der Waals surface area contributed by atoms with Crippen LogP contribution in [0.3, 0.4) is 0 Å². The van der Waals surface area contributed by atoms with Crippen molar-refractivity contribution in [1.29, 1.82) is 0 Å². The molecule has 2 aromatic carbocycles. The molecule has 1 aliphatic carbocycles. The second-order valence-electron chi connectivity index (χ2n) is 6.46. The molecule has 0 spiro atoms. The van der Waals surface area contributed by atoms with Gasteiger partial charge in [-0.15, -0.1) is 0 Å². The van der Waals surface area contributed by atoms with Crippen molar-refractivity contribution in [3.8, 4) is 5.75 Å². The summed E-state index contributed by atoms with van der Waals surface area (Å²) < 4.78 is 11.6. The summed E-state index contributed by atoms with van der Waals surface area (Å²) in [6, 6.07) is 10.2. The first-order chi connectivity index (χ1) is 11.6. The fourth-order valence-electron chi connectivity index (χ4n) is 3.09. The van der Waals surface area contributed by atoms with Gasteiger partial charge >= 0.3 is 5.97 Å². The number of carbonyl (C=O) groups excluding carboxylic acids is 1. The highest BCUT2D eigenvalue weighted by molar-refractivity contribution is 5.97. The maximum absolute atomic E-state index is 12.0. The summed E-state index contributed by atoms with van der Waals surface area (Å²) in [6.45, 7) is 6.11. The number of rotatable bonds is 6. The van der Waals surface area contributed by atoms with Gasteiger partial charge < -0.3 is 9.47 Å². The van der Waals surface area contributed by atoms with Gasteiger partial charge in [-0.05, 0) is 43.2 Å². The van der Waals surface area contributed by atoms with Crippen LogP contribution < -0.4 is 4.74 Å². The second kappa shape index (κ2) is 7.08. The van der Waals surface area contributed by atoms with Gasteiger partial charge in [0.2, 0.25) is 0 Å². The van der Waals surface area contributed by atoms with E-state index in [0.717, 1.165) is 40.5 Å². The van der Waals surface area contributed by atoms with E-state index in [1.807, 2.05) is 44.2 Å². The van der Waals surface area contributed by atoms with Crippen molar-refractivity contribution in [2.75, 3.05) is 0 Å². The van der Waals surface area contributed by atoms with Crippen molar-refractivity contribution in [2.24, 2.45) is 0 Å². The Morgan fingerprint density at radius 2 is 2.04 bits per heavy atom. The summed E-state index contributed by atoms with van der Waals surface area (Å²) in [5.74, 6) is 0.735. The van der Waals surface area contributed by atoms with E-state index in [9.17, 15) is 4.79 Å². The van der Waals surface area contributed by atoms with E-state index in [2.05, 4.69) is 19.1 Å². The summed E-state index contributed by atoms with van der Waals surface area (Å²) in [6.07, 6.45) is 6.09. The van der Waals surface area contributed by atoms with Crippen molar-refractivity contribution in [3.63, 3.8) is 0 Å². The highest BCUT2D eigenvalue weighted by atomic mass is 16.5. The van der Waals surface area contributed by atoms with Gasteiger partial charge in [-0.25, -0.2) is 0 Å². The lowest BCUT2D eigenvalue weighted by Gasteiger charge is -2.23. The number of ether oxygens (including phenoxy) is 2. The maximum atomic E-state index is 12.0. The highest BCUT2D eigenvalue weighted by Gasteiger charge is 2.23. The van der Waals surface area contributed by atoms with E-state index >= 15 is 0 Å². The quantitative estimate of drug-likeness (QED) is 0.665. The molecular weight excluding hydrogens is 300 g/mol. The molecule has 2 aromatic rings. The smallest absolute Gasteiger partial charge is 0.306 e. The number of hydrogen-bond acceptors (Lipinski definition) is 3. The predicted octanol–water partition coefficient (Wildman–Crippen LogP) is 5.43. The fourth-order valence-corrected chi connectivity index (χ4v) is 3.09. The molecule has 24 heavy (non-hydrogen) atoms. The molecule has 3 nitrogen and oxygen atoms in total. The average molecular weight is 324 g/mol. The highest BCUT2D eigenvalue weighted by Crippen LogP contribution is 2.40. The molecule has 0 amide bonds. The van der Waals surface area contributed by atoms with E-state index in [4.69, 9.17) is 9.47 Å². The first-order valence-electron chi connectivity index (χ1n) is 8.70. The van der Waals surface area contributed by atoms with Gasteiger partial charge in [0.1, 0.15) is 11.9 Å². The molecule has 1 unspecified atom stereocenters. The Balaban J connectivity index is 1.97. The van der Waals surface area contributed by atoms with Gasteiger partial charge in [-0.2, -0.15) is 0 Å². The lowest BCUT2D eigenvalue weighted by Crippen LogP contribution is -2.13. The minimum atomic E-state index is -0.320. The van der Waals surface area contributed by atoms with Crippen LogP contribution in [-0.2, 0) is 9.53 Å². The van der Waals surface area contributed by atoms with E-state index < -0.39 is 0 Å². The molecule has 1 aliphatic rings. The lowest BCUT2D eigenvalue weighted by molar-refractivity contribution is -0.147. The van der Waals surface area contributed by atoms with Gasteiger partial charge in [0.25, 0.3) is 0 Å². The van der Waals surface area contributed by atoms with Crippen molar-refractivity contribution in [3.05, 3.63) is 47.5 Å². The lowest BCUT2D eigenvalue weighted by atomic mass is 9.90. The first kappa shape index (κ1) is 16.6. The zero-order valence-electron chi connectivity index (χ0n) is 14.5. The maximum Gasteiger partial charge on any atom is 0.306 e. The van der Waals surface area contributed by atoms with Crippen LogP contribution in [0.1, 0.15) is 57.3 Å². The van der Waals surface area contributed by atoms with Crippen molar-refractivity contribution >= 4 is 22.8 Å². The van der Waals surface area contributed by atoms with E-state index in [-0.39, 0.29) is 18.2 Å². The minimum Gasteiger partial charge on any atom is -0.490 e. The Hall–Kier alpha value is -2.29. The monoisotopic (exact) mass is 324 g/mol. The molecule has 1 atom stereocenters. The van der Waals surface area contributed by atoms with Gasteiger partial charge in [0, 0.05) is 17.5 Å². The van der Waals surface area contributed by atoms with E-state index in [1.165, 1.54) is 0 Å². The summed E-state index contributed by atoms with van der Waals surface area (Å²) >= 11 is 0. The van der Waals surface area contributed by atoms with Crippen molar-refractivity contribution in [1.82, 2.24) is 0 Å². The number of hydrogen-bond donors (Lipinski definition) is 0. The molecule has 3 heteroatoms. The Bertz CT molecular complexity index is 774. The number of benzene rings is 2. The standard InChI is InChI=1S/C21H24O3/c1-4-5-9-20(22)24-19-13-11-17-18(23-14(2)3)12-10-15-7-6-8-16(19)21(15)17/h6-8,10-14,19H,4-5,9H2,1-3H3. The number of unbranched alkanes of at least 4 members (excludes halogenated alkanes) is 1. The molecule has 0 radical (unpaired) electrons. The SMILES string of the molecule is CCCCC(=O)OC1C=Cc2c(OC(C)C)ccc3cccc1c23. The Morgan fingerprint density at radius 3 is 2.79 bits per heavy atom. The topological polar surface area (TPSA) is 35.5 Å². The van der Waals surface area contributed by atoms with Crippen LogP contribution in [0, 0.1) is 0 Å². The molecule has 3 rings (SSSR count). The second-order valence-corrected chi connectivity index (χ2v) is 6.46. The van der Waals surface area contributed by atoms with Crippen LogP contribution in [0.5, 0.6) is 5.75 Å². The summed E-state index contributed by atoms with van der Waals surface area (Å²) in [4.78, 5) is 12.0. The summed E-state index contributed by atoms with van der Waals surface area (Å²) in [5.41, 5.74) is 2.10. The van der Waals surface area contributed by atoms with Gasteiger partial charge in [-0.3, -0.25) is 4.79 Å². The molecule has 0 saturated heterocycles. The zero-order chi connectivity index (χ0) is 17.1. The number of esters is 1. The molecule has 0 fully saturated rings. The molecular formula is C21H24O3. The number of carbonyl (C=O) groups is 1. The Kier molecular flexibility index (Phi) is 4.89. The van der Waals surface area contributed by atoms with Crippen LogP contribution in [0.15, 0.2) is 36.4 Å². The normalized spacial score (nSPS) is 15.8. The average Bonchev–Trinajstić information content (AvgIpc) is 2.57. The Labute approximate surface area is 143 Å². The fraction of sp³-hybridized carbons (Fsp3) is 0.381. The minimum absolute atomic E-state index is 0.115. The third-order valence-electron chi connectivity index (χ3n) is 4.18. The molecule has 0 aromatic heterocycles. The van der Waals surface area contributed by atoms with Crippen LogP contribution in [0.2, 0.25) is 0 Å². The summed E-state index contributed by atoms with van der Waals surface area (Å²) in [5, 5.41) is 2.25. The first-order valence-corrected chi connectivity index (χ1v) is 8.70. The van der Waals surface area contributed by atoms with Crippen LogP contribution in [0.4, 0.5) is 0 Å².